The molecule has 2 aromatic heterocycles. The maximum atomic E-state index is 13.7. The molecule has 166 valence electrons. The fraction of sp³-hybridized carbons (Fsp3) is 0.389. The highest BCUT2D eigenvalue weighted by atomic mass is 32.2. The Morgan fingerprint density at radius 1 is 1.26 bits per heavy atom. The van der Waals surface area contributed by atoms with Gasteiger partial charge in [0.25, 0.3) is 11.8 Å². The highest BCUT2D eigenvalue weighted by molar-refractivity contribution is 7.82. The van der Waals surface area contributed by atoms with Crippen molar-refractivity contribution in [2.24, 2.45) is 17.0 Å². The third kappa shape index (κ3) is 4.11. The molecule has 0 bridgehead atoms. The fourth-order valence-corrected chi connectivity index (χ4v) is 4.15. The summed E-state index contributed by atoms with van der Waals surface area (Å²) in [4.78, 5) is 21.8. The summed E-state index contributed by atoms with van der Waals surface area (Å²) in [5.41, 5.74) is -1.46. The average Bonchev–Trinajstić information content (AvgIpc) is 3.27. The fourth-order valence-electron chi connectivity index (χ4n) is 3.75. The molecule has 0 aromatic carbocycles. The lowest BCUT2D eigenvalue weighted by molar-refractivity contribution is -0.137. The minimum Gasteiger partial charge on any atom is -0.355 e. The van der Waals surface area contributed by atoms with Gasteiger partial charge in [-0.05, 0) is 24.6 Å². The smallest absolute Gasteiger partial charge is 0.355 e. The lowest BCUT2D eigenvalue weighted by Gasteiger charge is -2.28. The summed E-state index contributed by atoms with van der Waals surface area (Å²) in [5, 5.41) is 7.60. The SMILES string of the molecule is NS(=O)c1cc(NC(=O)c2cc(C(F)(F)F)cnc2N2CCC3C(C2)C3(F)F)ccn1. The molecule has 2 aromatic rings. The van der Waals surface area contributed by atoms with Crippen LogP contribution in [0.5, 0.6) is 0 Å². The largest absolute Gasteiger partial charge is 0.417 e. The highest BCUT2D eigenvalue weighted by Gasteiger charge is 2.69. The van der Waals surface area contributed by atoms with Gasteiger partial charge in [-0.1, -0.05) is 0 Å². The summed E-state index contributed by atoms with van der Waals surface area (Å²) in [7, 11) is -1.93. The summed E-state index contributed by atoms with van der Waals surface area (Å²) in [6.45, 7) is 0.0306. The zero-order chi connectivity index (χ0) is 22.6. The number of carbonyl (C=O) groups is 1. The van der Waals surface area contributed by atoms with E-state index in [1.54, 1.807) is 0 Å². The van der Waals surface area contributed by atoms with Crippen molar-refractivity contribution in [2.45, 2.75) is 23.5 Å². The number of nitrogens with one attached hydrogen (secondary N) is 1. The molecular formula is C18H16F5N5O2S. The van der Waals surface area contributed by atoms with Crippen LogP contribution in [0.1, 0.15) is 22.3 Å². The van der Waals surface area contributed by atoms with Crippen molar-refractivity contribution >= 4 is 28.4 Å². The Kier molecular flexibility index (Phi) is 5.20. The van der Waals surface area contributed by atoms with Crippen molar-refractivity contribution in [1.82, 2.24) is 9.97 Å². The molecule has 4 rings (SSSR count). The number of piperidine rings is 1. The van der Waals surface area contributed by atoms with Crippen LogP contribution in [0.25, 0.3) is 0 Å². The molecule has 3 heterocycles. The summed E-state index contributed by atoms with van der Waals surface area (Å²) in [6, 6.07) is 3.19. The van der Waals surface area contributed by atoms with E-state index in [0.29, 0.717) is 12.3 Å². The Morgan fingerprint density at radius 2 is 2.00 bits per heavy atom. The van der Waals surface area contributed by atoms with Gasteiger partial charge in [0.2, 0.25) is 0 Å². The molecule has 2 fully saturated rings. The minimum absolute atomic E-state index is 0.0433. The predicted molar refractivity (Wildman–Crippen MR) is 101 cm³/mol. The number of hydrogen-bond acceptors (Lipinski definition) is 5. The first-order chi connectivity index (χ1) is 14.5. The summed E-state index contributed by atoms with van der Waals surface area (Å²) < 4.78 is 78.5. The Morgan fingerprint density at radius 3 is 2.65 bits per heavy atom. The van der Waals surface area contributed by atoms with Gasteiger partial charge in [-0.2, -0.15) is 13.2 Å². The van der Waals surface area contributed by atoms with E-state index in [0.717, 1.165) is 0 Å². The second-order valence-corrected chi connectivity index (χ2v) is 8.36. The molecule has 0 spiro atoms. The summed E-state index contributed by atoms with van der Waals surface area (Å²) in [6.07, 6.45) is -2.80. The standard InChI is InChI=1S/C18H16F5N5O2S/c19-17(20)12-2-4-28(8-13(12)17)15-11(5-9(7-26-15)18(21,22)23)16(29)27-10-1-3-25-14(6-10)31(24)30/h1,3,5-7,12-13H,2,4,8,24H2,(H,25,27,29). The number of anilines is 2. The lowest BCUT2D eigenvalue weighted by atomic mass is 10.1. The predicted octanol–water partition coefficient (Wildman–Crippen LogP) is 2.82. The molecule has 1 saturated heterocycles. The average molecular weight is 461 g/mol. The molecule has 13 heteroatoms. The Bertz CT molecular complexity index is 1060. The number of carbonyl (C=O) groups excluding carboxylic acids is 1. The molecule has 3 atom stereocenters. The van der Waals surface area contributed by atoms with Crippen LogP contribution in [0.15, 0.2) is 35.6 Å². The van der Waals surface area contributed by atoms with Gasteiger partial charge < -0.3 is 10.2 Å². The van der Waals surface area contributed by atoms with Crippen molar-refractivity contribution in [3.63, 3.8) is 0 Å². The molecule has 1 amide bonds. The number of halogens is 5. The number of alkyl halides is 5. The molecule has 1 aliphatic carbocycles. The monoisotopic (exact) mass is 461 g/mol. The third-order valence-corrected chi connectivity index (χ3v) is 6.06. The first kappa shape index (κ1) is 21.6. The molecule has 3 unspecified atom stereocenters. The summed E-state index contributed by atoms with van der Waals surface area (Å²) >= 11 is 0. The zero-order valence-electron chi connectivity index (χ0n) is 15.7. The van der Waals surface area contributed by atoms with Crippen molar-refractivity contribution in [1.29, 1.82) is 0 Å². The number of hydrogen-bond donors (Lipinski definition) is 2. The number of pyridine rings is 2. The zero-order valence-corrected chi connectivity index (χ0v) is 16.5. The van der Waals surface area contributed by atoms with E-state index in [1.165, 1.54) is 23.2 Å². The van der Waals surface area contributed by atoms with E-state index in [4.69, 9.17) is 5.14 Å². The molecule has 31 heavy (non-hydrogen) atoms. The molecule has 7 nitrogen and oxygen atoms in total. The number of fused-ring (bicyclic) bond motifs is 1. The molecule has 2 aliphatic rings. The van der Waals surface area contributed by atoms with Gasteiger partial charge in [0.05, 0.1) is 11.1 Å². The number of aromatic nitrogens is 2. The Balaban J connectivity index is 1.66. The number of rotatable bonds is 4. The van der Waals surface area contributed by atoms with Crippen molar-refractivity contribution in [3.05, 3.63) is 41.7 Å². The molecule has 1 aliphatic heterocycles. The topological polar surface area (TPSA) is 101 Å². The first-order valence-electron chi connectivity index (χ1n) is 9.12. The van der Waals surface area contributed by atoms with E-state index >= 15 is 0 Å². The molecule has 1 saturated carbocycles. The van der Waals surface area contributed by atoms with Gasteiger partial charge in [-0.3, -0.25) is 4.79 Å². The molecule has 3 N–H and O–H groups in total. The van der Waals surface area contributed by atoms with Crippen LogP contribution in [-0.4, -0.2) is 39.1 Å². The van der Waals surface area contributed by atoms with E-state index in [1.807, 2.05) is 0 Å². The number of nitrogens with zero attached hydrogens (tertiary/aromatic N) is 3. The second kappa shape index (κ2) is 7.48. The van der Waals surface area contributed by atoms with Crippen LogP contribution in [0.4, 0.5) is 33.5 Å². The maximum Gasteiger partial charge on any atom is 0.417 e. The van der Waals surface area contributed by atoms with Crippen LogP contribution in [0.3, 0.4) is 0 Å². The van der Waals surface area contributed by atoms with Crippen molar-refractivity contribution in [2.75, 3.05) is 23.3 Å². The Hall–Kier alpha value is -2.67. The molecular weight excluding hydrogens is 445 g/mol. The van der Waals surface area contributed by atoms with E-state index in [9.17, 15) is 31.0 Å². The van der Waals surface area contributed by atoms with Gasteiger partial charge in [-0.15, -0.1) is 0 Å². The van der Waals surface area contributed by atoms with Crippen LogP contribution in [0, 0.1) is 11.8 Å². The maximum absolute atomic E-state index is 13.7. The van der Waals surface area contributed by atoms with Gasteiger partial charge in [0.1, 0.15) is 21.8 Å². The normalized spacial score (nSPS) is 23.1. The highest BCUT2D eigenvalue weighted by Crippen LogP contribution is 2.59. The first-order valence-corrected chi connectivity index (χ1v) is 10.3. The van der Waals surface area contributed by atoms with Gasteiger partial charge >= 0.3 is 6.18 Å². The Labute approximate surface area is 175 Å². The van der Waals surface area contributed by atoms with E-state index in [2.05, 4.69) is 15.3 Å². The van der Waals surface area contributed by atoms with Crippen molar-refractivity contribution < 1.29 is 31.0 Å². The number of nitrogens with two attached hydrogens (primary N) is 1. The van der Waals surface area contributed by atoms with Gasteiger partial charge in [0, 0.05) is 43.0 Å². The van der Waals surface area contributed by atoms with Crippen LogP contribution >= 0.6 is 0 Å². The minimum atomic E-state index is -4.75. The van der Waals surface area contributed by atoms with Crippen LogP contribution < -0.4 is 15.4 Å². The van der Waals surface area contributed by atoms with Gasteiger partial charge in [-0.25, -0.2) is 28.1 Å². The lowest BCUT2D eigenvalue weighted by Crippen LogP contribution is -2.34. The quantitative estimate of drug-likeness (QED) is 0.682. The van der Waals surface area contributed by atoms with E-state index < -0.39 is 52.0 Å². The van der Waals surface area contributed by atoms with E-state index in [-0.39, 0.29) is 36.0 Å². The van der Waals surface area contributed by atoms with Crippen LogP contribution in [0.2, 0.25) is 0 Å². The third-order valence-electron chi connectivity index (χ3n) is 5.43. The van der Waals surface area contributed by atoms with Gasteiger partial charge in [0.15, 0.2) is 0 Å². The van der Waals surface area contributed by atoms with Crippen LogP contribution in [-0.2, 0) is 17.2 Å². The number of amides is 1. The molecule has 0 radical (unpaired) electrons. The van der Waals surface area contributed by atoms with Crippen molar-refractivity contribution in [3.8, 4) is 0 Å². The summed E-state index contributed by atoms with van der Waals surface area (Å²) in [5.74, 6) is -5.51. The second-order valence-electron chi connectivity index (χ2n) is 7.35.